The fourth-order valence-electron chi connectivity index (χ4n) is 0.879. The summed E-state index contributed by atoms with van der Waals surface area (Å²) in [5, 5.41) is 27.5. The molecule has 0 fully saturated rings. The standard InChI is InChI=1S/C6H10N4O3/c11-3-1-2-10-5(4-6(12)13)7-8-9-10/h11H,1-4H2,(H,12,13). The van der Waals surface area contributed by atoms with E-state index in [1.54, 1.807) is 0 Å². The van der Waals surface area contributed by atoms with Crippen LogP contribution >= 0.6 is 0 Å². The molecular formula is C6H10N4O3. The Balaban J connectivity index is 2.60. The molecule has 0 aliphatic heterocycles. The Morgan fingerprint density at radius 1 is 1.54 bits per heavy atom. The van der Waals surface area contributed by atoms with E-state index in [9.17, 15) is 4.79 Å². The van der Waals surface area contributed by atoms with Crippen LogP contribution in [0.25, 0.3) is 0 Å². The van der Waals surface area contributed by atoms with Gasteiger partial charge in [-0.15, -0.1) is 5.10 Å². The topological polar surface area (TPSA) is 101 Å². The number of rotatable bonds is 5. The third-order valence-corrected chi connectivity index (χ3v) is 1.44. The maximum Gasteiger partial charge on any atom is 0.311 e. The average molecular weight is 186 g/mol. The summed E-state index contributed by atoms with van der Waals surface area (Å²) in [5.41, 5.74) is 0. The van der Waals surface area contributed by atoms with Crippen LogP contribution in [0.3, 0.4) is 0 Å². The first kappa shape index (κ1) is 9.59. The summed E-state index contributed by atoms with van der Waals surface area (Å²) in [6, 6.07) is 0. The second kappa shape index (κ2) is 4.51. The number of hydrogen-bond donors (Lipinski definition) is 2. The normalized spacial score (nSPS) is 10.2. The van der Waals surface area contributed by atoms with Gasteiger partial charge >= 0.3 is 5.97 Å². The number of aryl methyl sites for hydroxylation is 1. The minimum absolute atomic E-state index is 0.0341. The number of aromatic nitrogens is 4. The molecule has 0 unspecified atom stereocenters. The minimum Gasteiger partial charge on any atom is -0.481 e. The first-order chi connectivity index (χ1) is 6.24. The van der Waals surface area contributed by atoms with Crippen LogP contribution in [0.4, 0.5) is 0 Å². The molecule has 1 aromatic rings. The molecule has 0 saturated heterocycles. The number of carbonyl (C=O) groups is 1. The fraction of sp³-hybridized carbons (Fsp3) is 0.667. The maximum absolute atomic E-state index is 10.3. The number of tetrazole rings is 1. The Bertz CT molecular complexity index is 285. The van der Waals surface area contributed by atoms with E-state index in [0.717, 1.165) is 0 Å². The van der Waals surface area contributed by atoms with Gasteiger partial charge in [0.2, 0.25) is 0 Å². The van der Waals surface area contributed by atoms with Gasteiger partial charge in [-0.3, -0.25) is 4.79 Å². The van der Waals surface area contributed by atoms with E-state index >= 15 is 0 Å². The Morgan fingerprint density at radius 2 is 2.31 bits per heavy atom. The smallest absolute Gasteiger partial charge is 0.311 e. The number of aliphatic hydroxyl groups is 1. The summed E-state index contributed by atoms with van der Waals surface area (Å²) in [6.45, 7) is 0.471. The largest absolute Gasteiger partial charge is 0.481 e. The summed E-state index contributed by atoms with van der Waals surface area (Å²) >= 11 is 0. The van der Waals surface area contributed by atoms with Gasteiger partial charge in [-0.05, 0) is 16.8 Å². The third kappa shape index (κ3) is 2.79. The molecule has 2 N–H and O–H groups in total. The molecule has 13 heavy (non-hydrogen) atoms. The molecule has 0 amide bonds. The van der Waals surface area contributed by atoms with Gasteiger partial charge in [0.1, 0.15) is 6.42 Å². The summed E-state index contributed by atoms with van der Waals surface area (Å²) < 4.78 is 1.38. The lowest BCUT2D eigenvalue weighted by molar-refractivity contribution is -0.136. The van der Waals surface area contributed by atoms with Crippen molar-refractivity contribution in [1.82, 2.24) is 20.2 Å². The van der Waals surface area contributed by atoms with Crippen molar-refractivity contribution in [2.24, 2.45) is 0 Å². The second-order valence-electron chi connectivity index (χ2n) is 2.47. The Labute approximate surface area is 74.0 Å². The van der Waals surface area contributed by atoms with Gasteiger partial charge < -0.3 is 10.2 Å². The molecule has 0 bridgehead atoms. The first-order valence-corrected chi connectivity index (χ1v) is 3.81. The van der Waals surface area contributed by atoms with Gasteiger partial charge in [-0.2, -0.15) is 0 Å². The van der Waals surface area contributed by atoms with Crippen molar-refractivity contribution in [3.05, 3.63) is 5.82 Å². The molecule has 1 rings (SSSR count). The molecule has 0 spiro atoms. The van der Waals surface area contributed by atoms with Gasteiger partial charge in [0.25, 0.3) is 0 Å². The molecule has 1 aromatic heterocycles. The summed E-state index contributed by atoms with van der Waals surface area (Å²) in [7, 11) is 0. The van der Waals surface area contributed by atoms with Crippen LogP contribution in [0.2, 0.25) is 0 Å². The van der Waals surface area contributed by atoms with Crippen molar-refractivity contribution in [2.45, 2.75) is 19.4 Å². The summed E-state index contributed by atoms with van der Waals surface area (Å²) in [5.74, 6) is -0.666. The second-order valence-corrected chi connectivity index (χ2v) is 2.47. The predicted molar refractivity (Wildman–Crippen MR) is 40.9 cm³/mol. The van der Waals surface area contributed by atoms with Gasteiger partial charge in [0, 0.05) is 13.2 Å². The molecular weight excluding hydrogens is 176 g/mol. The van der Waals surface area contributed by atoms with Gasteiger partial charge in [-0.1, -0.05) is 0 Å². The highest BCUT2D eigenvalue weighted by molar-refractivity contribution is 5.68. The number of hydrogen-bond acceptors (Lipinski definition) is 5. The maximum atomic E-state index is 10.3. The van der Waals surface area contributed by atoms with E-state index < -0.39 is 5.97 Å². The molecule has 0 atom stereocenters. The molecule has 0 aliphatic rings. The van der Waals surface area contributed by atoms with E-state index in [4.69, 9.17) is 10.2 Å². The zero-order valence-corrected chi connectivity index (χ0v) is 6.92. The molecule has 0 saturated carbocycles. The van der Waals surface area contributed by atoms with Gasteiger partial charge in [-0.25, -0.2) is 4.68 Å². The number of carboxylic acids is 1. The van der Waals surface area contributed by atoms with E-state index in [0.29, 0.717) is 18.8 Å². The van der Waals surface area contributed by atoms with Gasteiger partial charge in [0.05, 0.1) is 0 Å². The lowest BCUT2D eigenvalue weighted by Gasteiger charge is -1.99. The fourth-order valence-corrected chi connectivity index (χ4v) is 0.879. The average Bonchev–Trinajstić information content (AvgIpc) is 2.48. The molecule has 7 nitrogen and oxygen atoms in total. The van der Waals surface area contributed by atoms with E-state index in [-0.39, 0.29) is 13.0 Å². The van der Waals surface area contributed by atoms with Crippen molar-refractivity contribution in [2.75, 3.05) is 6.61 Å². The quantitative estimate of drug-likeness (QED) is 0.591. The van der Waals surface area contributed by atoms with Crippen molar-refractivity contribution >= 4 is 5.97 Å². The molecule has 0 radical (unpaired) electrons. The molecule has 1 heterocycles. The first-order valence-electron chi connectivity index (χ1n) is 3.81. The monoisotopic (exact) mass is 186 g/mol. The highest BCUT2D eigenvalue weighted by Gasteiger charge is 2.09. The SMILES string of the molecule is O=C(O)Cc1nnnn1CCCO. The predicted octanol–water partition coefficient (Wildman–Crippen LogP) is -1.32. The number of aliphatic carboxylic acids is 1. The van der Waals surface area contributed by atoms with Crippen LogP contribution in [0.15, 0.2) is 0 Å². The van der Waals surface area contributed by atoms with E-state index in [1.165, 1.54) is 4.68 Å². The van der Waals surface area contributed by atoms with Crippen LogP contribution in [-0.2, 0) is 17.8 Å². The van der Waals surface area contributed by atoms with Crippen molar-refractivity contribution < 1.29 is 15.0 Å². The molecule has 0 aromatic carbocycles. The lowest BCUT2D eigenvalue weighted by Crippen LogP contribution is -2.11. The van der Waals surface area contributed by atoms with Crippen LogP contribution in [-0.4, -0.2) is 43.0 Å². The Kier molecular flexibility index (Phi) is 3.32. The number of carboxylic acid groups (broad SMARTS) is 1. The molecule has 0 aliphatic carbocycles. The van der Waals surface area contributed by atoms with E-state index in [1.807, 2.05) is 0 Å². The number of aliphatic hydroxyl groups excluding tert-OH is 1. The third-order valence-electron chi connectivity index (χ3n) is 1.44. The molecule has 72 valence electrons. The van der Waals surface area contributed by atoms with Crippen LogP contribution in [0.5, 0.6) is 0 Å². The summed E-state index contributed by atoms with van der Waals surface area (Å²) in [6.07, 6.45) is 0.316. The number of nitrogens with zero attached hydrogens (tertiary/aromatic N) is 4. The van der Waals surface area contributed by atoms with Gasteiger partial charge in [0.15, 0.2) is 5.82 Å². The van der Waals surface area contributed by atoms with Crippen molar-refractivity contribution in [1.29, 1.82) is 0 Å². The van der Waals surface area contributed by atoms with Crippen molar-refractivity contribution in [3.8, 4) is 0 Å². The highest BCUT2D eigenvalue weighted by atomic mass is 16.4. The zero-order chi connectivity index (χ0) is 9.68. The van der Waals surface area contributed by atoms with Crippen molar-refractivity contribution in [3.63, 3.8) is 0 Å². The lowest BCUT2D eigenvalue weighted by atomic mass is 10.4. The Hall–Kier alpha value is -1.50. The minimum atomic E-state index is -0.972. The zero-order valence-electron chi connectivity index (χ0n) is 6.92. The Morgan fingerprint density at radius 3 is 2.92 bits per heavy atom. The van der Waals surface area contributed by atoms with Crippen LogP contribution < -0.4 is 0 Å². The van der Waals surface area contributed by atoms with Crippen LogP contribution in [0.1, 0.15) is 12.2 Å². The summed E-state index contributed by atoms with van der Waals surface area (Å²) in [4.78, 5) is 10.3. The highest BCUT2D eigenvalue weighted by Crippen LogP contribution is 1.95. The molecule has 7 heteroatoms. The van der Waals surface area contributed by atoms with E-state index in [2.05, 4.69) is 15.5 Å². The van der Waals surface area contributed by atoms with Crippen LogP contribution in [0, 0.1) is 0 Å².